The molecule has 4 heteroatoms. The predicted octanol–water partition coefficient (Wildman–Crippen LogP) is 5.44. The third kappa shape index (κ3) is 5.92. The highest BCUT2D eigenvalue weighted by molar-refractivity contribution is 5.04. The zero-order chi connectivity index (χ0) is 18.2. The Labute approximate surface area is 154 Å². The summed E-state index contributed by atoms with van der Waals surface area (Å²) >= 11 is 0. The van der Waals surface area contributed by atoms with Gasteiger partial charge >= 0.3 is 0 Å². The van der Waals surface area contributed by atoms with Crippen LogP contribution in [-0.4, -0.2) is 39.0 Å². The van der Waals surface area contributed by atoms with Crippen molar-refractivity contribution in [3.63, 3.8) is 0 Å². The van der Waals surface area contributed by atoms with Gasteiger partial charge in [-0.05, 0) is 38.0 Å². The summed E-state index contributed by atoms with van der Waals surface area (Å²) in [6.45, 7) is 2.27. The average Bonchev–Trinajstić information content (AvgIpc) is 3.38. The van der Waals surface area contributed by atoms with Crippen LogP contribution in [0.25, 0.3) is 0 Å². The van der Waals surface area contributed by atoms with Gasteiger partial charge in [0.25, 0.3) is 5.97 Å². The zero-order valence-electron chi connectivity index (χ0n) is 17.0. The van der Waals surface area contributed by atoms with Crippen molar-refractivity contribution < 1.29 is 18.9 Å². The molecule has 25 heavy (non-hydrogen) atoms. The molecule has 0 N–H and O–H groups in total. The minimum atomic E-state index is -0.886. The molecule has 0 bridgehead atoms. The van der Waals surface area contributed by atoms with E-state index in [-0.39, 0.29) is 5.60 Å². The average molecular weight is 357 g/mol. The lowest BCUT2D eigenvalue weighted by molar-refractivity contribution is -0.356. The number of hydrogen-bond acceptors (Lipinski definition) is 4. The van der Waals surface area contributed by atoms with Gasteiger partial charge in [0, 0.05) is 27.8 Å². The molecule has 0 aromatic carbocycles. The fraction of sp³-hybridized carbons (Fsp3) is 1.00. The highest BCUT2D eigenvalue weighted by atomic mass is 16.9. The summed E-state index contributed by atoms with van der Waals surface area (Å²) in [5.74, 6) is -0.179. The standard InChI is InChI=1S/C21H40O4/c1-5-6-7-8-11-18(14-17-21(22-2,23-3)24-4)13-16-20-15-10-9-12-19(20)25-20/h18-19H,5-17H2,1-4H3. The van der Waals surface area contributed by atoms with Gasteiger partial charge in [-0.15, -0.1) is 0 Å². The molecule has 148 valence electrons. The molecule has 0 amide bonds. The van der Waals surface area contributed by atoms with Crippen molar-refractivity contribution in [2.24, 2.45) is 5.92 Å². The number of hydrogen-bond donors (Lipinski definition) is 0. The Morgan fingerprint density at radius 3 is 2.40 bits per heavy atom. The molecule has 0 spiro atoms. The van der Waals surface area contributed by atoms with Gasteiger partial charge in [0.15, 0.2) is 0 Å². The first kappa shape index (κ1) is 21.1. The first-order valence-corrected chi connectivity index (χ1v) is 10.5. The smallest absolute Gasteiger partial charge is 0.282 e. The Bertz CT molecular complexity index is 361. The lowest BCUT2D eigenvalue weighted by Gasteiger charge is -2.30. The van der Waals surface area contributed by atoms with Gasteiger partial charge in [0.05, 0.1) is 11.7 Å². The maximum atomic E-state index is 6.09. The van der Waals surface area contributed by atoms with Crippen molar-refractivity contribution >= 4 is 0 Å². The SMILES string of the molecule is CCCCCCC(CCC(OC)(OC)OC)CCC12CCCCC1O2. The number of ether oxygens (including phenoxy) is 4. The van der Waals surface area contributed by atoms with Gasteiger partial charge in [0.1, 0.15) is 0 Å². The van der Waals surface area contributed by atoms with Crippen LogP contribution in [0.1, 0.15) is 90.4 Å². The third-order valence-electron chi connectivity index (χ3n) is 6.46. The van der Waals surface area contributed by atoms with Gasteiger partial charge in [-0.3, -0.25) is 0 Å². The second-order valence-corrected chi connectivity index (χ2v) is 8.01. The van der Waals surface area contributed by atoms with Gasteiger partial charge in [0.2, 0.25) is 0 Å². The van der Waals surface area contributed by atoms with E-state index in [2.05, 4.69) is 6.92 Å². The molecule has 1 saturated heterocycles. The summed E-state index contributed by atoms with van der Waals surface area (Å²) in [5, 5.41) is 0. The van der Waals surface area contributed by atoms with Gasteiger partial charge in [-0.2, -0.15) is 0 Å². The van der Waals surface area contributed by atoms with Crippen molar-refractivity contribution in [2.45, 2.75) is 108 Å². The molecule has 0 aromatic rings. The van der Waals surface area contributed by atoms with Crippen LogP contribution >= 0.6 is 0 Å². The lowest BCUT2D eigenvalue weighted by Crippen LogP contribution is -2.36. The molecule has 2 rings (SSSR count). The summed E-state index contributed by atoms with van der Waals surface area (Å²) < 4.78 is 22.5. The van der Waals surface area contributed by atoms with E-state index >= 15 is 0 Å². The van der Waals surface area contributed by atoms with Crippen molar-refractivity contribution in [1.82, 2.24) is 0 Å². The molecular weight excluding hydrogens is 316 g/mol. The van der Waals surface area contributed by atoms with E-state index in [0.717, 1.165) is 12.8 Å². The fourth-order valence-electron chi connectivity index (χ4n) is 4.57. The number of epoxide rings is 1. The Balaban J connectivity index is 1.81. The molecule has 2 aliphatic rings. The molecule has 1 aliphatic carbocycles. The number of unbranched alkanes of at least 4 members (excludes halogenated alkanes) is 3. The first-order valence-electron chi connectivity index (χ1n) is 10.5. The van der Waals surface area contributed by atoms with Crippen LogP contribution in [0.3, 0.4) is 0 Å². The monoisotopic (exact) mass is 356 g/mol. The summed E-state index contributed by atoms with van der Waals surface area (Å²) in [5.41, 5.74) is 0.251. The third-order valence-corrected chi connectivity index (χ3v) is 6.46. The van der Waals surface area contributed by atoms with Gasteiger partial charge in [-0.25, -0.2) is 0 Å². The van der Waals surface area contributed by atoms with Crippen LogP contribution in [0, 0.1) is 5.92 Å². The Hall–Kier alpha value is -0.160. The molecule has 2 fully saturated rings. The predicted molar refractivity (Wildman–Crippen MR) is 101 cm³/mol. The number of fused-ring (bicyclic) bond motifs is 1. The van der Waals surface area contributed by atoms with E-state index in [4.69, 9.17) is 18.9 Å². The van der Waals surface area contributed by atoms with Crippen molar-refractivity contribution in [2.75, 3.05) is 21.3 Å². The van der Waals surface area contributed by atoms with Crippen molar-refractivity contribution in [3.05, 3.63) is 0 Å². The quantitative estimate of drug-likeness (QED) is 0.236. The van der Waals surface area contributed by atoms with Crippen LogP contribution in [0.4, 0.5) is 0 Å². The highest BCUT2D eigenvalue weighted by Crippen LogP contribution is 2.51. The maximum Gasteiger partial charge on any atom is 0.282 e. The highest BCUT2D eigenvalue weighted by Gasteiger charge is 2.56. The minimum absolute atomic E-state index is 0.251. The van der Waals surface area contributed by atoms with Crippen LogP contribution in [0.15, 0.2) is 0 Å². The molecular formula is C21H40O4. The molecule has 3 unspecified atom stereocenters. The Morgan fingerprint density at radius 2 is 1.76 bits per heavy atom. The van der Waals surface area contributed by atoms with E-state index < -0.39 is 5.97 Å². The lowest BCUT2D eigenvalue weighted by atomic mass is 9.82. The first-order chi connectivity index (χ1) is 12.1. The van der Waals surface area contributed by atoms with Crippen LogP contribution in [-0.2, 0) is 18.9 Å². The van der Waals surface area contributed by atoms with E-state index in [9.17, 15) is 0 Å². The van der Waals surface area contributed by atoms with Gasteiger partial charge < -0.3 is 18.9 Å². The summed E-state index contributed by atoms with van der Waals surface area (Å²) in [7, 11) is 4.98. The second-order valence-electron chi connectivity index (χ2n) is 8.01. The second kappa shape index (κ2) is 10.2. The maximum absolute atomic E-state index is 6.09. The summed E-state index contributed by atoms with van der Waals surface area (Å²) in [6, 6.07) is 0. The topological polar surface area (TPSA) is 40.2 Å². The Kier molecular flexibility index (Phi) is 8.67. The number of methoxy groups -OCH3 is 3. The van der Waals surface area contributed by atoms with Crippen LogP contribution < -0.4 is 0 Å². The molecule has 0 aromatic heterocycles. The summed E-state index contributed by atoms with van der Waals surface area (Å²) in [6.07, 6.45) is 16.8. The molecule has 1 aliphatic heterocycles. The molecule has 3 atom stereocenters. The largest absolute Gasteiger partial charge is 0.366 e. The van der Waals surface area contributed by atoms with E-state index in [1.807, 2.05) is 0 Å². The van der Waals surface area contributed by atoms with Crippen molar-refractivity contribution in [3.8, 4) is 0 Å². The van der Waals surface area contributed by atoms with E-state index in [1.165, 1.54) is 70.6 Å². The van der Waals surface area contributed by atoms with E-state index in [1.54, 1.807) is 21.3 Å². The van der Waals surface area contributed by atoms with Crippen molar-refractivity contribution in [1.29, 1.82) is 0 Å². The minimum Gasteiger partial charge on any atom is -0.366 e. The van der Waals surface area contributed by atoms with Crippen LogP contribution in [0.2, 0.25) is 0 Å². The molecule has 4 nitrogen and oxygen atoms in total. The van der Waals surface area contributed by atoms with Gasteiger partial charge in [-0.1, -0.05) is 51.9 Å². The fourth-order valence-corrected chi connectivity index (χ4v) is 4.57. The molecule has 0 radical (unpaired) electrons. The molecule has 1 saturated carbocycles. The Morgan fingerprint density at radius 1 is 1.00 bits per heavy atom. The number of rotatable bonds is 14. The van der Waals surface area contributed by atoms with E-state index in [0.29, 0.717) is 12.0 Å². The normalized spacial score (nSPS) is 27.1. The van der Waals surface area contributed by atoms with Crippen LogP contribution in [0.5, 0.6) is 0 Å². The summed E-state index contributed by atoms with van der Waals surface area (Å²) in [4.78, 5) is 0. The zero-order valence-corrected chi connectivity index (χ0v) is 17.0. The molecule has 1 heterocycles.